The molecule has 2 atom stereocenters. The third-order valence-electron chi connectivity index (χ3n) is 11.9. The smallest absolute Gasteiger partial charge is 0.306 e. The van der Waals surface area contributed by atoms with E-state index in [9.17, 15) is 14.3 Å². The Labute approximate surface area is 403 Å². The number of allylic oxidation sites excluding steroid dienone is 8. The van der Waals surface area contributed by atoms with Gasteiger partial charge in [0.15, 0.2) is 0 Å². The largest absolute Gasteiger partial charge is 0.756 e. The summed E-state index contributed by atoms with van der Waals surface area (Å²) in [6, 6.07) is 0. The lowest BCUT2D eigenvalue weighted by Gasteiger charge is -2.28. The maximum atomic E-state index is 12.8. The summed E-state index contributed by atoms with van der Waals surface area (Å²) >= 11 is 0. The molecule has 0 aromatic heterocycles. The standard InChI is InChI=1S/C56H106NO7P/c1-6-8-10-12-14-16-18-20-22-24-26-27-28-29-30-31-32-33-35-37-39-41-43-45-47-49-56(58)64-55(54-63-65(59,60)62-52-50-57(3,4)5)53-61-51-48-46-44-42-40-38-36-34-25-23-21-19-17-15-13-11-9-7-2/h18,20-21,23-24,26,28-29,55H,6-17,19,22,25,27,30-54H2,1-5H3/b20-18-,23-21-,26-24-,29-28-. The number of unbranched alkanes of at least 4 members (excludes halogenated alkanes) is 29. The van der Waals surface area contributed by atoms with E-state index >= 15 is 0 Å². The normalized spacial score (nSPS) is 13.9. The molecule has 382 valence electrons. The quantitative estimate of drug-likeness (QED) is 0.0197. The highest BCUT2D eigenvalue weighted by molar-refractivity contribution is 7.45. The highest BCUT2D eigenvalue weighted by Crippen LogP contribution is 2.38. The summed E-state index contributed by atoms with van der Waals surface area (Å²) in [6.45, 7) is 5.42. The SMILES string of the molecule is CCCCCCC/C=C\C/C=C\C/C=C\CCCCCCCCCCCCC(=O)OC(COCCCCCCCCCC/C=C\CCCCCCCC)COP(=O)([O-])OCC[N+](C)(C)C. The molecule has 8 nitrogen and oxygen atoms in total. The van der Waals surface area contributed by atoms with Crippen LogP contribution in [0.15, 0.2) is 48.6 Å². The van der Waals surface area contributed by atoms with Crippen molar-refractivity contribution in [3.8, 4) is 0 Å². The molecule has 0 aliphatic carbocycles. The van der Waals surface area contributed by atoms with Crippen molar-refractivity contribution in [3.05, 3.63) is 48.6 Å². The van der Waals surface area contributed by atoms with E-state index in [1.54, 1.807) is 0 Å². The van der Waals surface area contributed by atoms with Crippen molar-refractivity contribution < 1.29 is 37.3 Å². The van der Waals surface area contributed by atoms with Crippen LogP contribution in [0.5, 0.6) is 0 Å². The number of nitrogens with zero attached hydrogens (tertiary/aromatic N) is 1. The third-order valence-corrected chi connectivity index (χ3v) is 12.8. The summed E-state index contributed by atoms with van der Waals surface area (Å²) in [4.78, 5) is 25.2. The fourth-order valence-corrected chi connectivity index (χ4v) is 8.34. The van der Waals surface area contributed by atoms with Gasteiger partial charge in [-0.1, -0.05) is 210 Å². The molecule has 0 saturated carbocycles. The molecule has 9 heteroatoms. The molecule has 0 aromatic rings. The molecule has 0 spiro atoms. The van der Waals surface area contributed by atoms with Crippen molar-refractivity contribution in [2.24, 2.45) is 0 Å². The molecule has 0 bridgehead atoms. The number of quaternary nitrogens is 1. The first kappa shape index (κ1) is 63.5. The highest BCUT2D eigenvalue weighted by Gasteiger charge is 2.20. The molecule has 0 aromatic carbocycles. The van der Waals surface area contributed by atoms with Crippen LogP contribution in [0.25, 0.3) is 0 Å². The fourth-order valence-electron chi connectivity index (χ4n) is 7.61. The van der Waals surface area contributed by atoms with E-state index in [1.807, 2.05) is 21.1 Å². The van der Waals surface area contributed by atoms with Gasteiger partial charge in [-0.3, -0.25) is 9.36 Å². The topological polar surface area (TPSA) is 94.1 Å². The zero-order valence-corrected chi connectivity index (χ0v) is 44.3. The first-order valence-electron chi connectivity index (χ1n) is 27.4. The van der Waals surface area contributed by atoms with Crippen LogP contribution in [0.1, 0.15) is 245 Å². The van der Waals surface area contributed by atoms with Gasteiger partial charge in [0.2, 0.25) is 0 Å². The van der Waals surface area contributed by atoms with E-state index in [4.69, 9.17) is 18.5 Å². The third kappa shape index (κ3) is 53.3. The lowest BCUT2D eigenvalue weighted by molar-refractivity contribution is -0.870. The van der Waals surface area contributed by atoms with Gasteiger partial charge in [-0.05, 0) is 77.0 Å². The maximum Gasteiger partial charge on any atom is 0.306 e. The molecule has 0 saturated heterocycles. The molecule has 65 heavy (non-hydrogen) atoms. The summed E-state index contributed by atoms with van der Waals surface area (Å²) in [5, 5.41) is 0. The van der Waals surface area contributed by atoms with Crippen LogP contribution in [0.4, 0.5) is 0 Å². The number of carbonyl (C=O) groups excluding carboxylic acids is 1. The Bertz CT molecular complexity index is 1180. The van der Waals surface area contributed by atoms with Gasteiger partial charge in [0.1, 0.15) is 19.3 Å². The minimum atomic E-state index is -4.53. The Morgan fingerprint density at radius 1 is 0.477 bits per heavy atom. The Morgan fingerprint density at radius 3 is 1.28 bits per heavy atom. The molecule has 0 fully saturated rings. The second-order valence-electron chi connectivity index (χ2n) is 19.6. The van der Waals surface area contributed by atoms with Crippen LogP contribution in [-0.2, 0) is 27.9 Å². The van der Waals surface area contributed by atoms with E-state index in [1.165, 1.54) is 180 Å². The summed E-state index contributed by atoms with van der Waals surface area (Å²) in [6.07, 6.45) is 61.4. The summed E-state index contributed by atoms with van der Waals surface area (Å²) < 4.78 is 34.8. The van der Waals surface area contributed by atoms with Gasteiger partial charge in [-0.25, -0.2) is 0 Å². The molecule has 0 aliphatic rings. The maximum absolute atomic E-state index is 12.8. The first-order valence-corrected chi connectivity index (χ1v) is 28.8. The molecule has 0 amide bonds. The van der Waals surface area contributed by atoms with Gasteiger partial charge in [-0.15, -0.1) is 0 Å². The van der Waals surface area contributed by atoms with E-state index < -0.39 is 13.9 Å². The number of hydrogen-bond acceptors (Lipinski definition) is 7. The van der Waals surface area contributed by atoms with Crippen LogP contribution < -0.4 is 4.89 Å². The van der Waals surface area contributed by atoms with Gasteiger partial charge < -0.3 is 27.9 Å². The van der Waals surface area contributed by atoms with Gasteiger partial charge >= 0.3 is 5.97 Å². The number of phosphoric ester groups is 1. The molecular formula is C56H106NO7P. The van der Waals surface area contributed by atoms with Crippen LogP contribution in [0.2, 0.25) is 0 Å². The minimum Gasteiger partial charge on any atom is -0.756 e. The predicted octanol–water partition coefficient (Wildman–Crippen LogP) is 16.4. The van der Waals surface area contributed by atoms with Crippen LogP contribution in [-0.4, -0.2) is 70.7 Å². The second kappa shape index (κ2) is 48.9. The predicted molar refractivity (Wildman–Crippen MR) is 277 cm³/mol. The monoisotopic (exact) mass is 936 g/mol. The molecule has 2 unspecified atom stereocenters. The second-order valence-corrected chi connectivity index (χ2v) is 21.0. The average molecular weight is 936 g/mol. The lowest BCUT2D eigenvalue weighted by atomic mass is 10.0. The highest BCUT2D eigenvalue weighted by atomic mass is 31.2. The van der Waals surface area contributed by atoms with Crippen molar-refractivity contribution in [1.29, 1.82) is 0 Å². The summed E-state index contributed by atoms with van der Waals surface area (Å²) in [5.74, 6) is -0.337. The number of hydrogen-bond donors (Lipinski definition) is 0. The van der Waals surface area contributed by atoms with E-state index in [2.05, 4.69) is 62.5 Å². The summed E-state index contributed by atoms with van der Waals surface area (Å²) in [7, 11) is 1.35. The number of phosphoric acid groups is 1. The van der Waals surface area contributed by atoms with E-state index in [0.29, 0.717) is 24.1 Å². The van der Waals surface area contributed by atoms with Crippen molar-refractivity contribution in [3.63, 3.8) is 0 Å². The number of ether oxygens (including phenoxy) is 2. The molecular weight excluding hydrogens is 830 g/mol. The zero-order valence-electron chi connectivity index (χ0n) is 43.4. The molecule has 0 radical (unpaired) electrons. The molecule has 0 heterocycles. The summed E-state index contributed by atoms with van der Waals surface area (Å²) in [5.41, 5.74) is 0. The minimum absolute atomic E-state index is 0.0241. The Morgan fingerprint density at radius 2 is 0.846 bits per heavy atom. The molecule has 0 rings (SSSR count). The average Bonchev–Trinajstić information content (AvgIpc) is 3.27. The number of rotatable bonds is 51. The van der Waals surface area contributed by atoms with Crippen molar-refractivity contribution >= 4 is 13.8 Å². The zero-order chi connectivity index (χ0) is 47.6. The van der Waals surface area contributed by atoms with Crippen LogP contribution in [0.3, 0.4) is 0 Å². The van der Waals surface area contributed by atoms with Crippen molar-refractivity contribution in [1.82, 2.24) is 0 Å². The fraction of sp³-hybridized carbons (Fsp3) is 0.839. The van der Waals surface area contributed by atoms with Gasteiger partial charge in [-0.2, -0.15) is 0 Å². The van der Waals surface area contributed by atoms with Gasteiger partial charge in [0.25, 0.3) is 7.82 Å². The van der Waals surface area contributed by atoms with Crippen LogP contribution in [0, 0.1) is 0 Å². The Kier molecular flexibility index (Phi) is 47.7. The van der Waals surface area contributed by atoms with E-state index in [-0.39, 0.29) is 25.8 Å². The van der Waals surface area contributed by atoms with Crippen molar-refractivity contribution in [2.75, 3.05) is 54.1 Å². The first-order chi connectivity index (χ1) is 31.6. The molecule has 0 aliphatic heterocycles. The number of esters is 1. The van der Waals surface area contributed by atoms with Gasteiger partial charge in [0.05, 0.1) is 34.4 Å². The van der Waals surface area contributed by atoms with Crippen molar-refractivity contribution in [2.45, 2.75) is 251 Å². The van der Waals surface area contributed by atoms with E-state index in [0.717, 1.165) is 44.9 Å². The Hall–Kier alpha value is -1.54. The number of carbonyl (C=O) groups is 1. The van der Waals surface area contributed by atoms with Gasteiger partial charge in [0, 0.05) is 13.0 Å². The molecule has 0 N–H and O–H groups in total. The van der Waals surface area contributed by atoms with Crippen LogP contribution >= 0.6 is 7.82 Å². The Balaban J connectivity index is 4.11. The lowest BCUT2D eigenvalue weighted by Crippen LogP contribution is -2.37. The number of likely N-dealkylation sites (N-methyl/N-ethyl adjacent to an activating group) is 1.